The summed E-state index contributed by atoms with van der Waals surface area (Å²) < 4.78 is 1.58. The standard InChI is InChI=1S/C16H13N7O2S/c24-14(17-10-6-7-12-13(8-10)19-15(25)18-12)9-26-16-20-21-22-23(16)11-4-2-1-3-5-11/h1-8H,9H2,(H,17,24)(H2,18,19,25). The molecule has 0 saturated heterocycles. The first-order valence-corrected chi connectivity index (χ1v) is 8.66. The van der Waals surface area contributed by atoms with E-state index in [1.54, 1.807) is 22.9 Å². The molecule has 0 aliphatic carbocycles. The largest absolute Gasteiger partial charge is 0.325 e. The molecule has 0 unspecified atom stereocenters. The number of benzene rings is 2. The second-order valence-electron chi connectivity index (χ2n) is 5.39. The Morgan fingerprint density at radius 3 is 2.77 bits per heavy atom. The highest BCUT2D eigenvalue weighted by Crippen LogP contribution is 2.19. The van der Waals surface area contributed by atoms with Crippen molar-refractivity contribution in [3.63, 3.8) is 0 Å². The number of aromatic amines is 2. The summed E-state index contributed by atoms with van der Waals surface area (Å²) in [4.78, 5) is 28.8. The quantitative estimate of drug-likeness (QED) is 0.460. The second-order valence-corrected chi connectivity index (χ2v) is 6.33. The second kappa shape index (κ2) is 6.84. The van der Waals surface area contributed by atoms with Crippen molar-refractivity contribution in [1.82, 2.24) is 30.2 Å². The summed E-state index contributed by atoms with van der Waals surface area (Å²) in [6.07, 6.45) is 0. The molecule has 0 aliphatic heterocycles. The number of aromatic nitrogens is 6. The third-order valence-corrected chi connectivity index (χ3v) is 4.49. The van der Waals surface area contributed by atoms with E-state index in [1.165, 1.54) is 11.8 Å². The van der Waals surface area contributed by atoms with Gasteiger partial charge in [0.2, 0.25) is 11.1 Å². The molecule has 0 atom stereocenters. The molecule has 2 aromatic carbocycles. The molecule has 1 amide bonds. The summed E-state index contributed by atoms with van der Waals surface area (Å²) in [6.45, 7) is 0. The fourth-order valence-corrected chi connectivity index (χ4v) is 3.13. The van der Waals surface area contributed by atoms with Crippen LogP contribution in [0.25, 0.3) is 16.7 Å². The Morgan fingerprint density at radius 2 is 1.92 bits per heavy atom. The molecule has 26 heavy (non-hydrogen) atoms. The molecule has 4 aromatic rings. The van der Waals surface area contributed by atoms with E-state index in [9.17, 15) is 9.59 Å². The maximum Gasteiger partial charge on any atom is 0.323 e. The molecule has 2 heterocycles. The lowest BCUT2D eigenvalue weighted by atomic mass is 10.3. The van der Waals surface area contributed by atoms with E-state index in [0.717, 1.165) is 5.69 Å². The number of rotatable bonds is 5. The third-order valence-electron chi connectivity index (χ3n) is 3.57. The number of carbonyl (C=O) groups excluding carboxylic acids is 1. The van der Waals surface area contributed by atoms with Gasteiger partial charge in [-0.1, -0.05) is 30.0 Å². The molecule has 0 spiro atoms. The van der Waals surface area contributed by atoms with Crippen LogP contribution in [0.1, 0.15) is 0 Å². The number of anilines is 1. The number of nitrogens with one attached hydrogen (secondary N) is 3. The van der Waals surface area contributed by atoms with Crippen LogP contribution in [0.4, 0.5) is 5.69 Å². The van der Waals surface area contributed by atoms with Gasteiger partial charge in [0.25, 0.3) is 0 Å². The number of carbonyl (C=O) groups is 1. The normalized spacial score (nSPS) is 10.9. The van der Waals surface area contributed by atoms with Crippen molar-refractivity contribution in [1.29, 1.82) is 0 Å². The highest BCUT2D eigenvalue weighted by molar-refractivity contribution is 7.99. The molecule has 0 fully saturated rings. The molecule has 0 radical (unpaired) electrons. The van der Waals surface area contributed by atoms with E-state index in [0.29, 0.717) is 21.9 Å². The monoisotopic (exact) mass is 367 g/mol. The predicted molar refractivity (Wildman–Crippen MR) is 97.4 cm³/mol. The Morgan fingerprint density at radius 1 is 1.12 bits per heavy atom. The van der Waals surface area contributed by atoms with Gasteiger partial charge in [-0.15, -0.1) is 5.10 Å². The van der Waals surface area contributed by atoms with Gasteiger partial charge in [-0.3, -0.25) is 4.79 Å². The summed E-state index contributed by atoms with van der Waals surface area (Å²) in [6, 6.07) is 14.6. The van der Waals surface area contributed by atoms with Crippen molar-refractivity contribution >= 4 is 34.4 Å². The van der Waals surface area contributed by atoms with Gasteiger partial charge in [-0.05, 0) is 40.8 Å². The first-order valence-electron chi connectivity index (χ1n) is 7.67. The van der Waals surface area contributed by atoms with Gasteiger partial charge in [-0.2, -0.15) is 4.68 Å². The first kappa shape index (κ1) is 16.1. The number of H-pyrrole nitrogens is 2. The van der Waals surface area contributed by atoms with E-state index < -0.39 is 0 Å². The van der Waals surface area contributed by atoms with Crippen LogP contribution >= 0.6 is 11.8 Å². The number of para-hydroxylation sites is 1. The Balaban J connectivity index is 1.43. The van der Waals surface area contributed by atoms with Gasteiger partial charge in [0.15, 0.2) is 0 Å². The Hall–Kier alpha value is -3.40. The molecular weight excluding hydrogens is 354 g/mol. The number of fused-ring (bicyclic) bond motifs is 1. The predicted octanol–water partition coefficient (Wildman–Crippen LogP) is 1.56. The number of tetrazole rings is 1. The lowest BCUT2D eigenvalue weighted by Gasteiger charge is -2.06. The van der Waals surface area contributed by atoms with Gasteiger partial charge in [0.05, 0.1) is 22.5 Å². The van der Waals surface area contributed by atoms with Crippen LogP contribution in [-0.2, 0) is 4.79 Å². The molecule has 9 nitrogen and oxygen atoms in total. The molecule has 130 valence electrons. The van der Waals surface area contributed by atoms with E-state index in [-0.39, 0.29) is 17.3 Å². The summed E-state index contributed by atoms with van der Waals surface area (Å²) >= 11 is 1.23. The van der Waals surface area contributed by atoms with Crippen molar-refractivity contribution in [2.24, 2.45) is 0 Å². The number of hydrogen-bond acceptors (Lipinski definition) is 6. The molecule has 0 aliphatic rings. The average molecular weight is 367 g/mol. The lowest BCUT2D eigenvalue weighted by Crippen LogP contribution is -2.14. The summed E-state index contributed by atoms with van der Waals surface area (Å²) in [7, 11) is 0. The highest BCUT2D eigenvalue weighted by atomic mass is 32.2. The van der Waals surface area contributed by atoms with Crippen LogP contribution in [0.5, 0.6) is 0 Å². The highest BCUT2D eigenvalue weighted by Gasteiger charge is 2.12. The molecule has 4 rings (SSSR count). The number of amides is 1. The molecule has 2 aromatic heterocycles. The van der Waals surface area contributed by atoms with Crippen LogP contribution in [0.15, 0.2) is 58.5 Å². The smallest absolute Gasteiger partial charge is 0.323 e. The molecule has 0 bridgehead atoms. The number of hydrogen-bond donors (Lipinski definition) is 3. The van der Waals surface area contributed by atoms with Gasteiger partial charge in [-0.25, -0.2) is 4.79 Å². The zero-order valence-corrected chi connectivity index (χ0v) is 14.2. The van der Waals surface area contributed by atoms with Crippen molar-refractivity contribution in [2.45, 2.75) is 5.16 Å². The van der Waals surface area contributed by atoms with E-state index in [2.05, 4.69) is 30.8 Å². The van der Waals surface area contributed by atoms with Crippen molar-refractivity contribution in [3.8, 4) is 5.69 Å². The van der Waals surface area contributed by atoms with Crippen molar-refractivity contribution in [2.75, 3.05) is 11.1 Å². The van der Waals surface area contributed by atoms with Crippen LogP contribution in [0.2, 0.25) is 0 Å². The van der Waals surface area contributed by atoms with Gasteiger partial charge in [0.1, 0.15) is 0 Å². The fraction of sp³-hybridized carbons (Fsp3) is 0.0625. The van der Waals surface area contributed by atoms with Gasteiger partial charge < -0.3 is 15.3 Å². The van der Waals surface area contributed by atoms with Crippen LogP contribution in [0, 0.1) is 0 Å². The summed E-state index contributed by atoms with van der Waals surface area (Å²) in [5.41, 5.74) is 2.45. The van der Waals surface area contributed by atoms with Crippen molar-refractivity contribution < 1.29 is 4.79 Å². The minimum atomic E-state index is -0.285. The lowest BCUT2D eigenvalue weighted by molar-refractivity contribution is -0.113. The van der Waals surface area contributed by atoms with E-state index in [1.807, 2.05) is 30.3 Å². The van der Waals surface area contributed by atoms with Gasteiger partial charge in [0, 0.05) is 5.69 Å². The molecule has 10 heteroatoms. The Kier molecular flexibility index (Phi) is 4.23. The Labute approximate surface area is 150 Å². The molecule has 3 N–H and O–H groups in total. The van der Waals surface area contributed by atoms with Crippen LogP contribution < -0.4 is 11.0 Å². The maximum atomic E-state index is 12.2. The number of thioether (sulfide) groups is 1. The Bertz CT molecular complexity index is 1120. The van der Waals surface area contributed by atoms with E-state index in [4.69, 9.17) is 0 Å². The maximum absolute atomic E-state index is 12.2. The van der Waals surface area contributed by atoms with Gasteiger partial charge >= 0.3 is 5.69 Å². The summed E-state index contributed by atoms with van der Waals surface area (Å²) in [5, 5.41) is 14.9. The summed E-state index contributed by atoms with van der Waals surface area (Å²) in [5.74, 6) is -0.0515. The molecular formula is C16H13N7O2S. The number of imidazole rings is 1. The van der Waals surface area contributed by atoms with Crippen LogP contribution in [-0.4, -0.2) is 41.8 Å². The average Bonchev–Trinajstić information content (AvgIpc) is 3.25. The SMILES string of the molecule is O=C(CSc1nnnn1-c1ccccc1)Nc1ccc2[nH]c(=O)[nH]c2c1. The zero-order valence-electron chi connectivity index (χ0n) is 13.3. The van der Waals surface area contributed by atoms with Crippen LogP contribution in [0.3, 0.4) is 0 Å². The minimum absolute atomic E-state index is 0.148. The minimum Gasteiger partial charge on any atom is -0.325 e. The van der Waals surface area contributed by atoms with E-state index >= 15 is 0 Å². The zero-order chi connectivity index (χ0) is 17.9. The fourth-order valence-electron chi connectivity index (χ4n) is 2.44. The molecule has 0 saturated carbocycles. The number of nitrogens with zero attached hydrogens (tertiary/aromatic N) is 4. The topological polar surface area (TPSA) is 121 Å². The van der Waals surface area contributed by atoms with Crippen molar-refractivity contribution in [3.05, 3.63) is 59.0 Å². The third kappa shape index (κ3) is 3.35. The first-order chi connectivity index (χ1) is 12.7.